The summed E-state index contributed by atoms with van der Waals surface area (Å²) in [7, 11) is 0. The van der Waals surface area contributed by atoms with Crippen LogP contribution in [0.25, 0.3) is 0 Å². The zero-order chi connectivity index (χ0) is 16.9. The smallest absolute Gasteiger partial charge is 0.433 e. The predicted molar refractivity (Wildman–Crippen MR) is 78.0 cm³/mol. The van der Waals surface area contributed by atoms with Gasteiger partial charge in [-0.2, -0.15) is 18.3 Å². The largest absolute Gasteiger partial charge is 0.465 e. The normalized spacial score (nSPS) is 11.5. The number of hydrogen-bond acceptors (Lipinski definition) is 3. The monoisotopic (exact) mass is 346 g/mol. The van der Waals surface area contributed by atoms with Crippen LogP contribution in [0.3, 0.4) is 0 Å². The van der Waals surface area contributed by atoms with Crippen molar-refractivity contribution in [1.29, 1.82) is 0 Å². The van der Waals surface area contributed by atoms with Crippen LogP contribution < -0.4 is 0 Å². The minimum Gasteiger partial charge on any atom is -0.465 e. The van der Waals surface area contributed by atoms with Crippen molar-refractivity contribution < 1.29 is 22.7 Å². The highest BCUT2D eigenvalue weighted by Gasteiger charge is 2.35. The van der Waals surface area contributed by atoms with E-state index in [1.54, 1.807) is 18.2 Å². The number of rotatable bonds is 6. The van der Waals surface area contributed by atoms with Crippen molar-refractivity contribution in [1.82, 2.24) is 10.2 Å². The van der Waals surface area contributed by atoms with Crippen molar-refractivity contribution in [3.8, 4) is 0 Å². The van der Waals surface area contributed by atoms with Crippen LogP contribution in [-0.2, 0) is 28.5 Å². The number of nitrogens with zero attached hydrogens (tertiary/aromatic N) is 1. The van der Waals surface area contributed by atoms with Gasteiger partial charge in [-0.05, 0) is 24.1 Å². The molecule has 1 N–H and O–H groups in total. The number of H-pyrrole nitrogens is 1. The van der Waals surface area contributed by atoms with Crippen LogP contribution in [0.15, 0.2) is 30.5 Å². The van der Waals surface area contributed by atoms with E-state index in [4.69, 9.17) is 16.3 Å². The van der Waals surface area contributed by atoms with Gasteiger partial charge in [-0.15, -0.1) is 0 Å². The van der Waals surface area contributed by atoms with E-state index in [-0.39, 0.29) is 25.0 Å². The molecule has 0 atom stereocenters. The molecule has 8 heteroatoms. The summed E-state index contributed by atoms with van der Waals surface area (Å²) in [5.74, 6) is -0.470. The number of aromatic amines is 1. The standard InChI is InChI=1S/C15H14ClF3N2O2/c16-12-3-1-2-10(8-12)4-5-13(22)23-7-6-11-9-20-21-14(11)15(17,18)19/h1-3,8-9H,4-7H2,(H,20,21). The summed E-state index contributed by atoms with van der Waals surface area (Å²) in [5.41, 5.74) is -0.0451. The molecular weight excluding hydrogens is 333 g/mol. The Hall–Kier alpha value is -2.02. The first-order valence-corrected chi connectivity index (χ1v) is 7.23. The Balaban J connectivity index is 1.76. The number of alkyl halides is 3. The van der Waals surface area contributed by atoms with Crippen LogP contribution in [-0.4, -0.2) is 22.8 Å². The van der Waals surface area contributed by atoms with Crippen LogP contribution in [0.4, 0.5) is 13.2 Å². The minimum absolute atomic E-state index is 0.0276. The van der Waals surface area contributed by atoms with Crippen LogP contribution in [0, 0.1) is 0 Å². The molecule has 0 amide bonds. The first kappa shape index (κ1) is 17.3. The van der Waals surface area contributed by atoms with E-state index in [9.17, 15) is 18.0 Å². The van der Waals surface area contributed by atoms with E-state index in [0.717, 1.165) is 11.8 Å². The number of carbonyl (C=O) groups is 1. The van der Waals surface area contributed by atoms with E-state index in [2.05, 4.69) is 5.10 Å². The van der Waals surface area contributed by atoms with Gasteiger partial charge in [0.1, 0.15) is 5.69 Å². The zero-order valence-corrected chi connectivity index (χ0v) is 12.7. The number of ether oxygens (including phenoxy) is 1. The van der Waals surface area contributed by atoms with Gasteiger partial charge in [0.2, 0.25) is 0 Å². The molecule has 1 aromatic carbocycles. The van der Waals surface area contributed by atoms with Crippen LogP contribution in [0.5, 0.6) is 0 Å². The van der Waals surface area contributed by atoms with E-state index in [1.165, 1.54) is 0 Å². The Morgan fingerprint density at radius 1 is 1.30 bits per heavy atom. The molecule has 0 fully saturated rings. The molecule has 0 aliphatic rings. The van der Waals surface area contributed by atoms with Gasteiger partial charge >= 0.3 is 12.1 Å². The number of esters is 1. The van der Waals surface area contributed by atoms with Gasteiger partial charge < -0.3 is 4.74 Å². The van der Waals surface area contributed by atoms with Crippen LogP contribution >= 0.6 is 11.6 Å². The van der Waals surface area contributed by atoms with Gasteiger partial charge in [-0.1, -0.05) is 23.7 Å². The van der Waals surface area contributed by atoms with Crippen molar-refractivity contribution in [3.05, 3.63) is 52.3 Å². The Bertz CT molecular complexity index is 671. The Morgan fingerprint density at radius 3 is 2.78 bits per heavy atom. The van der Waals surface area contributed by atoms with Gasteiger partial charge in [-0.25, -0.2) is 0 Å². The average Bonchev–Trinajstić information content (AvgIpc) is 2.94. The second-order valence-corrected chi connectivity index (χ2v) is 5.30. The molecule has 0 saturated heterocycles. The molecule has 2 rings (SSSR count). The van der Waals surface area contributed by atoms with Gasteiger partial charge in [0.25, 0.3) is 0 Å². The van der Waals surface area contributed by atoms with Crippen molar-refractivity contribution in [2.24, 2.45) is 0 Å². The lowest BCUT2D eigenvalue weighted by Crippen LogP contribution is -2.12. The topological polar surface area (TPSA) is 55.0 Å². The molecule has 0 spiro atoms. The van der Waals surface area contributed by atoms with Crippen LogP contribution in [0.1, 0.15) is 23.2 Å². The lowest BCUT2D eigenvalue weighted by molar-refractivity contribution is -0.143. The molecule has 0 radical (unpaired) electrons. The first-order chi connectivity index (χ1) is 10.9. The molecule has 4 nitrogen and oxygen atoms in total. The summed E-state index contributed by atoms with van der Waals surface area (Å²) in [4.78, 5) is 11.6. The molecule has 23 heavy (non-hydrogen) atoms. The Morgan fingerprint density at radius 2 is 2.09 bits per heavy atom. The molecule has 0 aliphatic carbocycles. The number of carbonyl (C=O) groups excluding carboxylic acids is 1. The second-order valence-electron chi connectivity index (χ2n) is 4.87. The quantitative estimate of drug-likeness (QED) is 0.809. The van der Waals surface area contributed by atoms with E-state index in [0.29, 0.717) is 11.4 Å². The third kappa shape index (κ3) is 5.28. The molecule has 0 aliphatic heterocycles. The SMILES string of the molecule is O=C(CCc1cccc(Cl)c1)OCCc1cn[nH]c1C(F)(F)F. The first-order valence-electron chi connectivity index (χ1n) is 6.86. The van der Waals surface area contributed by atoms with Gasteiger partial charge in [0.15, 0.2) is 0 Å². The maximum absolute atomic E-state index is 12.6. The van der Waals surface area contributed by atoms with Crippen molar-refractivity contribution >= 4 is 17.6 Å². The zero-order valence-electron chi connectivity index (χ0n) is 12.0. The maximum atomic E-state index is 12.6. The van der Waals surface area contributed by atoms with Gasteiger partial charge in [0, 0.05) is 23.4 Å². The summed E-state index contributed by atoms with van der Waals surface area (Å²) < 4.78 is 42.8. The highest BCUT2D eigenvalue weighted by Crippen LogP contribution is 2.30. The summed E-state index contributed by atoms with van der Waals surface area (Å²) in [6, 6.07) is 7.09. The average molecular weight is 347 g/mol. The number of hydrogen-bond donors (Lipinski definition) is 1. The molecule has 0 unspecified atom stereocenters. The maximum Gasteiger partial charge on any atom is 0.433 e. The third-order valence-electron chi connectivity index (χ3n) is 3.14. The minimum atomic E-state index is -4.50. The lowest BCUT2D eigenvalue weighted by Gasteiger charge is -2.08. The summed E-state index contributed by atoms with van der Waals surface area (Å²) in [6.45, 7) is -0.128. The fraction of sp³-hybridized carbons (Fsp3) is 0.333. The fourth-order valence-corrected chi connectivity index (χ4v) is 2.24. The van der Waals surface area contributed by atoms with E-state index >= 15 is 0 Å². The number of benzene rings is 1. The lowest BCUT2D eigenvalue weighted by atomic mass is 10.1. The summed E-state index contributed by atoms with van der Waals surface area (Å²) in [5, 5.41) is 5.86. The van der Waals surface area contributed by atoms with E-state index < -0.39 is 17.8 Å². The highest BCUT2D eigenvalue weighted by molar-refractivity contribution is 6.30. The highest BCUT2D eigenvalue weighted by atomic mass is 35.5. The molecule has 124 valence electrons. The van der Waals surface area contributed by atoms with Crippen molar-refractivity contribution in [2.75, 3.05) is 6.61 Å². The van der Waals surface area contributed by atoms with Crippen molar-refractivity contribution in [3.63, 3.8) is 0 Å². The molecule has 1 heterocycles. The van der Waals surface area contributed by atoms with E-state index in [1.807, 2.05) is 11.2 Å². The third-order valence-corrected chi connectivity index (χ3v) is 3.38. The summed E-state index contributed by atoms with van der Waals surface area (Å²) >= 11 is 5.84. The summed E-state index contributed by atoms with van der Waals surface area (Å²) in [6.07, 6.45) is -2.87. The molecule has 1 aromatic heterocycles. The molecule has 0 saturated carbocycles. The van der Waals surface area contributed by atoms with Gasteiger partial charge in [0.05, 0.1) is 12.8 Å². The Labute approximate surface area is 135 Å². The Kier molecular flexibility index (Phi) is 5.65. The number of nitrogens with one attached hydrogen (secondary N) is 1. The molecular formula is C15H14ClF3N2O2. The van der Waals surface area contributed by atoms with Crippen molar-refractivity contribution in [2.45, 2.75) is 25.4 Å². The molecule has 0 bridgehead atoms. The fourth-order valence-electron chi connectivity index (χ4n) is 2.03. The predicted octanol–water partition coefficient (Wildman–Crippen LogP) is 3.80. The van der Waals surface area contributed by atoms with Gasteiger partial charge in [-0.3, -0.25) is 9.89 Å². The second kappa shape index (κ2) is 7.50. The molecule has 2 aromatic rings. The number of aromatic nitrogens is 2. The number of halogens is 4. The number of aryl methyl sites for hydroxylation is 1. The van der Waals surface area contributed by atoms with Crippen LogP contribution in [0.2, 0.25) is 5.02 Å².